The van der Waals surface area contributed by atoms with E-state index in [1.165, 1.54) is 12.8 Å². The Morgan fingerprint density at radius 2 is 1.90 bits per heavy atom. The molecule has 2 aromatic rings. The summed E-state index contributed by atoms with van der Waals surface area (Å²) in [6, 6.07) is 9.70. The van der Waals surface area contributed by atoms with Crippen LogP contribution in [0.3, 0.4) is 0 Å². The number of amides is 1. The zero-order valence-corrected chi connectivity index (χ0v) is 12.0. The number of nitrogens with zero attached hydrogens (tertiary/aromatic N) is 2. The molecule has 0 saturated heterocycles. The second kappa shape index (κ2) is 6.48. The molecular weight excluding hydrogens is 262 g/mol. The molecule has 0 aliphatic heterocycles. The molecule has 2 heterocycles. The molecule has 0 bridgehead atoms. The zero-order chi connectivity index (χ0) is 14.5. The SMILES string of the molecule is O=C(NCc1ccc(-c2ccccn2)nc1)C1CCCC1. The van der Waals surface area contributed by atoms with Crippen molar-refractivity contribution in [2.24, 2.45) is 5.92 Å². The van der Waals surface area contributed by atoms with E-state index < -0.39 is 0 Å². The fourth-order valence-corrected chi connectivity index (χ4v) is 2.72. The van der Waals surface area contributed by atoms with Crippen molar-refractivity contribution < 1.29 is 4.79 Å². The van der Waals surface area contributed by atoms with Gasteiger partial charge in [0.05, 0.1) is 11.4 Å². The summed E-state index contributed by atoms with van der Waals surface area (Å²) in [7, 11) is 0. The van der Waals surface area contributed by atoms with Crippen molar-refractivity contribution in [3.8, 4) is 11.4 Å². The quantitative estimate of drug-likeness (QED) is 0.937. The number of hydrogen-bond acceptors (Lipinski definition) is 3. The summed E-state index contributed by atoms with van der Waals surface area (Å²) in [4.78, 5) is 20.6. The van der Waals surface area contributed by atoms with E-state index in [0.717, 1.165) is 29.8 Å². The molecule has 1 saturated carbocycles. The third-order valence-corrected chi connectivity index (χ3v) is 3.94. The molecular formula is C17H19N3O. The lowest BCUT2D eigenvalue weighted by molar-refractivity contribution is -0.124. The zero-order valence-electron chi connectivity index (χ0n) is 12.0. The molecule has 2 aromatic heterocycles. The Labute approximate surface area is 124 Å². The van der Waals surface area contributed by atoms with Crippen molar-refractivity contribution in [3.05, 3.63) is 48.3 Å². The summed E-state index contributed by atoms with van der Waals surface area (Å²) in [6.07, 6.45) is 7.98. The van der Waals surface area contributed by atoms with Gasteiger partial charge in [0.25, 0.3) is 0 Å². The van der Waals surface area contributed by atoms with Crippen molar-refractivity contribution in [1.29, 1.82) is 0 Å². The fourth-order valence-electron chi connectivity index (χ4n) is 2.72. The van der Waals surface area contributed by atoms with E-state index in [1.54, 1.807) is 12.4 Å². The van der Waals surface area contributed by atoms with E-state index in [0.29, 0.717) is 6.54 Å². The molecule has 0 spiro atoms. The van der Waals surface area contributed by atoms with Crippen LogP contribution in [0.2, 0.25) is 0 Å². The molecule has 1 fully saturated rings. The van der Waals surface area contributed by atoms with Crippen LogP contribution >= 0.6 is 0 Å². The van der Waals surface area contributed by atoms with Crippen LogP contribution in [-0.2, 0) is 11.3 Å². The smallest absolute Gasteiger partial charge is 0.223 e. The second-order valence-electron chi connectivity index (χ2n) is 5.47. The van der Waals surface area contributed by atoms with Crippen LogP contribution < -0.4 is 5.32 Å². The monoisotopic (exact) mass is 281 g/mol. The summed E-state index contributed by atoms with van der Waals surface area (Å²) in [5.74, 6) is 0.395. The van der Waals surface area contributed by atoms with Gasteiger partial charge in [0.2, 0.25) is 5.91 Å². The Hall–Kier alpha value is -2.23. The number of carbonyl (C=O) groups excluding carboxylic acids is 1. The van der Waals surface area contributed by atoms with Crippen LogP contribution in [0.25, 0.3) is 11.4 Å². The predicted octanol–water partition coefficient (Wildman–Crippen LogP) is 2.95. The third-order valence-electron chi connectivity index (χ3n) is 3.94. The molecule has 0 radical (unpaired) electrons. The molecule has 108 valence electrons. The molecule has 0 aromatic carbocycles. The summed E-state index contributed by atoms with van der Waals surface area (Å²) >= 11 is 0. The molecule has 0 unspecified atom stereocenters. The van der Waals surface area contributed by atoms with Gasteiger partial charge in [-0.3, -0.25) is 14.8 Å². The Balaban J connectivity index is 1.58. The normalized spacial score (nSPS) is 15.0. The van der Waals surface area contributed by atoms with E-state index in [2.05, 4.69) is 15.3 Å². The van der Waals surface area contributed by atoms with Crippen LogP contribution in [0.15, 0.2) is 42.7 Å². The first kappa shape index (κ1) is 13.7. The number of pyridine rings is 2. The first-order chi connectivity index (χ1) is 10.3. The molecule has 4 nitrogen and oxygen atoms in total. The predicted molar refractivity (Wildman–Crippen MR) is 81.3 cm³/mol. The lowest BCUT2D eigenvalue weighted by Crippen LogP contribution is -2.28. The Bertz CT molecular complexity index is 589. The molecule has 0 atom stereocenters. The van der Waals surface area contributed by atoms with Gasteiger partial charge >= 0.3 is 0 Å². The summed E-state index contributed by atoms with van der Waals surface area (Å²) in [6.45, 7) is 0.546. The Morgan fingerprint density at radius 3 is 2.57 bits per heavy atom. The van der Waals surface area contributed by atoms with Gasteiger partial charge in [-0.25, -0.2) is 0 Å². The van der Waals surface area contributed by atoms with Gasteiger partial charge in [0, 0.05) is 24.9 Å². The van der Waals surface area contributed by atoms with E-state index in [-0.39, 0.29) is 11.8 Å². The number of hydrogen-bond donors (Lipinski definition) is 1. The highest BCUT2D eigenvalue weighted by atomic mass is 16.1. The largest absolute Gasteiger partial charge is 0.352 e. The first-order valence-electron chi connectivity index (χ1n) is 7.47. The molecule has 4 heteroatoms. The minimum Gasteiger partial charge on any atom is -0.352 e. The van der Waals surface area contributed by atoms with Gasteiger partial charge in [-0.15, -0.1) is 0 Å². The molecule has 1 N–H and O–H groups in total. The highest BCUT2D eigenvalue weighted by Crippen LogP contribution is 2.24. The summed E-state index contributed by atoms with van der Waals surface area (Å²) in [5.41, 5.74) is 2.72. The van der Waals surface area contributed by atoms with Crippen molar-refractivity contribution in [2.45, 2.75) is 32.2 Å². The van der Waals surface area contributed by atoms with Crippen molar-refractivity contribution in [1.82, 2.24) is 15.3 Å². The average molecular weight is 281 g/mol. The van der Waals surface area contributed by atoms with Gasteiger partial charge in [0.1, 0.15) is 0 Å². The van der Waals surface area contributed by atoms with Crippen LogP contribution in [-0.4, -0.2) is 15.9 Å². The fraction of sp³-hybridized carbons (Fsp3) is 0.353. The molecule has 1 amide bonds. The molecule has 21 heavy (non-hydrogen) atoms. The van der Waals surface area contributed by atoms with E-state index in [4.69, 9.17) is 0 Å². The standard InChI is InChI=1S/C17H19N3O/c21-17(14-5-1-2-6-14)20-12-13-8-9-16(19-11-13)15-7-3-4-10-18-15/h3-4,7-11,14H,1-2,5-6,12H2,(H,20,21). The first-order valence-corrected chi connectivity index (χ1v) is 7.47. The lowest BCUT2D eigenvalue weighted by Gasteiger charge is -2.10. The number of rotatable bonds is 4. The van der Waals surface area contributed by atoms with Gasteiger partial charge in [-0.2, -0.15) is 0 Å². The number of carbonyl (C=O) groups is 1. The number of aromatic nitrogens is 2. The van der Waals surface area contributed by atoms with Crippen molar-refractivity contribution in [3.63, 3.8) is 0 Å². The van der Waals surface area contributed by atoms with E-state index in [9.17, 15) is 4.79 Å². The Kier molecular flexibility index (Phi) is 4.24. The minimum atomic E-state index is 0.182. The topological polar surface area (TPSA) is 54.9 Å². The maximum Gasteiger partial charge on any atom is 0.223 e. The van der Waals surface area contributed by atoms with Crippen molar-refractivity contribution in [2.75, 3.05) is 0 Å². The van der Waals surface area contributed by atoms with E-state index >= 15 is 0 Å². The molecule has 1 aliphatic carbocycles. The maximum atomic E-state index is 12.0. The molecule has 3 rings (SSSR count). The van der Waals surface area contributed by atoms with Crippen LogP contribution in [0, 0.1) is 5.92 Å². The summed E-state index contributed by atoms with van der Waals surface area (Å²) in [5, 5.41) is 3.01. The maximum absolute atomic E-state index is 12.0. The minimum absolute atomic E-state index is 0.182. The van der Waals surface area contributed by atoms with Gasteiger partial charge in [0.15, 0.2) is 0 Å². The Morgan fingerprint density at radius 1 is 1.10 bits per heavy atom. The summed E-state index contributed by atoms with van der Waals surface area (Å²) < 4.78 is 0. The third kappa shape index (κ3) is 3.45. The number of nitrogens with one attached hydrogen (secondary N) is 1. The van der Waals surface area contributed by atoms with Crippen LogP contribution in [0.4, 0.5) is 0 Å². The second-order valence-corrected chi connectivity index (χ2v) is 5.47. The average Bonchev–Trinajstić information content (AvgIpc) is 3.08. The van der Waals surface area contributed by atoms with Crippen LogP contribution in [0.1, 0.15) is 31.2 Å². The highest BCUT2D eigenvalue weighted by Gasteiger charge is 2.22. The molecule has 1 aliphatic rings. The van der Waals surface area contributed by atoms with Gasteiger partial charge in [-0.1, -0.05) is 25.0 Å². The van der Waals surface area contributed by atoms with Gasteiger partial charge < -0.3 is 5.32 Å². The van der Waals surface area contributed by atoms with Crippen molar-refractivity contribution >= 4 is 5.91 Å². The highest BCUT2D eigenvalue weighted by molar-refractivity contribution is 5.78. The van der Waals surface area contributed by atoms with Gasteiger partial charge in [-0.05, 0) is 36.6 Å². The van der Waals surface area contributed by atoms with E-state index in [1.807, 2.05) is 30.3 Å². The van der Waals surface area contributed by atoms with Crippen LogP contribution in [0.5, 0.6) is 0 Å². The lowest BCUT2D eigenvalue weighted by atomic mass is 10.1.